The molecule has 3 heterocycles. The molecule has 0 unspecified atom stereocenters. The van der Waals surface area contributed by atoms with Crippen LogP contribution in [0.3, 0.4) is 0 Å². The van der Waals surface area contributed by atoms with Gasteiger partial charge in [0.05, 0.1) is 22.9 Å². The Morgan fingerprint density at radius 2 is 1.00 bits per heavy atom. The maximum atomic E-state index is 5.29. The van der Waals surface area contributed by atoms with Gasteiger partial charge in [0.2, 0.25) is 0 Å². The van der Waals surface area contributed by atoms with Gasteiger partial charge in [-0.1, -0.05) is 134 Å². The Hall–Kier alpha value is -5.94. The molecule has 8 aromatic carbocycles. The Balaban J connectivity index is 1.07. The van der Waals surface area contributed by atoms with Gasteiger partial charge < -0.3 is 0 Å². The molecule has 0 atom stereocenters. The fourth-order valence-electron chi connectivity index (χ4n) is 8.15. The molecule has 0 aliphatic heterocycles. The topological polar surface area (TPSA) is 25.8 Å². The maximum Gasteiger partial charge on any atom is 0.0979 e. The van der Waals surface area contributed by atoms with Crippen LogP contribution in [-0.2, 0) is 6.42 Å². The number of aromatic nitrogens is 2. The standard InChI is InChI=1S/C48H30N2S2/c1-2-28-23-24-43-41(25-28)40-22-10-19-37(47(40)51-43)39-21-9-20-38-36-18-8-17-31(46(36)52-48(38)39)29-11-7-12-30(26-29)42-27-49-44-34-15-5-3-13-32(34)33-14-4-6-16-35(33)45(44)50-42/h3-27H,2H2,1H3. The van der Waals surface area contributed by atoms with Crippen molar-refractivity contribution in [2.45, 2.75) is 13.3 Å². The number of aryl methyl sites for hydroxylation is 1. The molecule has 0 radical (unpaired) electrons. The molecule has 3 aromatic heterocycles. The lowest BCUT2D eigenvalue weighted by Gasteiger charge is -2.11. The number of hydrogen-bond acceptors (Lipinski definition) is 4. The lowest BCUT2D eigenvalue weighted by Crippen LogP contribution is -1.92. The molecule has 0 fully saturated rings. The summed E-state index contributed by atoms with van der Waals surface area (Å²) >= 11 is 3.82. The second kappa shape index (κ2) is 11.5. The van der Waals surface area contributed by atoms with E-state index < -0.39 is 0 Å². The second-order valence-electron chi connectivity index (χ2n) is 13.6. The van der Waals surface area contributed by atoms with Crippen molar-refractivity contribution in [3.63, 3.8) is 0 Å². The zero-order chi connectivity index (χ0) is 34.3. The van der Waals surface area contributed by atoms with E-state index in [4.69, 9.17) is 9.97 Å². The van der Waals surface area contributed by atoms with Gasteiger partial charge in [-0.25, -0.2) is 4.98 Å². The lowest BCUT2D eigenvalue weighted by atomic mass is 9.97. The van der Waals surface area contributed by atoms with Crippen molar-refractivity contribution in [3.8, 4) is 33.5 Å². The molecule has 0 aliphatic rings. The molecule has 0 saturated heterocycles. The molecular formula is C48H30N2S2. The van der Waals surface area contributed by atoms with Crippen LogP contribution < -0.4 is 0 Å². The minimum absolute atomic E-state index is 0.878. The van der Waals surface area contributed by atoms with Gasteiger partial charge in [-0.15, -0.1) is 22.7 Å². The first-order chi connectivity index (χ1) is 25.7. The number of fused-ring (bicyclic) bond motifs is 12. The van der Waals surface area contributed by atoms with Crippen molar-refractivity contribution >= 4 is 95.6 Å². The van der Waals surface area contributed by atoms with Gasteiger partial charge in [-0.2, -0.15) is 0 Å². The number of rotatable bonds is 4. The largest absolute Gasteiger partial charge is 0.252 e. The van der Waals surface area contributed by atoms with E-state index >= 15 is 0 Å². The first-order valence-electron chi connectivity index (χ1n) is 17.8. The Morgan fingerprint density at radius 1 is 0.442 bits per heavy atom. The number of benzene rings is 8. The van der Waals surface area contributed by atoms with E-state index in [0.717, 1.165) is 39.5 Å². The summed E-state index contributed by atoms with van der Waals surface area (Å²) in [6.07, 6.45) is 2.98. The fraction of sp³-hybridized carbons (Fsp3) is 0.0417. The van der Waals surface area contributed by atoms with Crippen LogP contribution in [0.15, 0.2) is 152 Å². The Kier molecular flexibility index (Phi) is 6.60. The average Bonchev–Trinajstić information content (AvgIpc) is 3.79. The quantitative estimate of drug-likeness (QED) is 0.171. The molecule has 0 amide bonds. The highest BCUT2D eigenvalue weighted by atomic mass is 32.1. The minimum Gasteiger partial charge on any atom is -0.252 e. The molecular weight excluding hydrogens is 669 g/mol. The predicted octanol–water partition coefficient (Wildman–Crippen LogP) is 14.2. The summed E-state index contributed by atoms with van der Waals surface area (Å²) in [5.41, 5.74) is 10.2. The molecule has 4 heteroatoms. The Bertz CT molecular complexity index is 3200. The highest BCUT2D eigenvalue weighted by Crippen LogP contribution is 2.47. The minimum atomic E-state index is 0.878. The second-order valence-corrected chi connectivity index (χ2v) is 15.6. The molecule has 0 spiro atoms. The molecule has 0 aliphatic carbocycles. The normalized spacial score (nSPS) is 12.0. The zero-order valence-corrected chi connectivity index (χ0v) is 30.0. The van der Waals surface area contributed by atoms with E-state index in [1.165, 1.54) is 78.9 Å². The molecule has 0 bridgehead atoms. The molecule has 244 valence electrons. The van der Waals surface area contributed by atoms with Crippen molar-refractivity contribution in [1.29, 1.82) is 0 Å². The summed E-state index contributed by atoms with van der Waals surface area (Å²) < 4.78 is 5.35. The summed E-state index contributed by atoms with van der Waals surface area (Å²) in [6, 6.07) is 53.2. The van der Waals surface area contributed by atoms with Crippen molar-refractivity contribution < 1.29 is 0 Å². The molecule has 52 heavy (non-hydrogen) atoms. The van der Waals surface area contributed by atoms with Crippen LogP contribution >= 0.6 is 22.7 Å². The summed E-state index contributed by atoms with van der Waals surface area (Å²) in [7, 11) is 0. The van der Waals surface area contributed by atoms with Gasteiger partial charge in [-0.3, -0.25) is 4.98 Å². The number of thiophene rings is 2. The monoisotopic (exact) mass is 698 g/mol. The average molecular weight is 699 g/mol. The van der Waals surface area contributed by atoms with Crippen molar-refractivity contribution in [2.24, 2.45) is 0 Å². The zero-order valence-electron chi connectivity index (χ0n) is 28.4. The first-order valence-corrected chi connectivity index (χ1v) is 19.4. The highest BCUT2D eigenvalue weighted by molar-refractivity contribution is 7.27. The third kappa shape index (κ3) is 4.41. The van der Waals surface area contributed by atoms with Crippen molar-refractivity contribution in [2.75, 3.05) is 0 Å². The van der Waals surface area contributed by atoms with Gasteiger partial charge >= 0.3 is 0 Å². The van der Waals surface area contributed by atoms with Crippen LogP contribution in [0.2, 0.25) is 0 Å². The third-order valence-corrected chi connectivity index (χ3v) is 13.2. The summed E-state index contributed by atoms with van der Waals surface area (Å²) in [4.78, 5) is 10.3. The highest BCUT2D eigenvalue weighted by Gasteiger charge is 2.18. The molecule has 11 rings (SSSR count). The lowest BCUT2D eigenvalue weighted by molar-refractivity contribution is 1.15. The van der Waals surface area contributed by atoms with Gasteiger partial charge in [0.15, 0.2) is 0 Å². The van der Waals surface area contributed by atoms with Crippen LogP contribution in [0.5, 0.6) is 0 Å². The van der Waals surface area contributed by atoms with Crippen LogP contribution in [0.1, 0.15) is 12.5 Å². The van der Waals surface area contributed by atoms with Crippen LogP contribution in [-0.4, -0.2) is 9.97 Å². The van der Waals surface area contributed by atoms with Crippen LogP contribution in [0.25, 0.3) is 106 Å². The number of hydrogen-bond donors (Lipinski definition) is 0. The fourth-order valence-corrected chi connectivity index (χ4v) is 10.7. The molecule has 2 nitrogen and oxygen atoms in total. The van der Waals surface area contributed by atoms with Crippen molar-refractivity contribution in [3.05, 3.63) is 157 Å². The Labute approximate surface area is 308 Å². The Morgan fingerprint density at radius 3 is 1.71 bits per heavy atom. The van der Waals surface area contributed by atoms with Gasteiger partial charge in [-0.05, 0) is 52.1 Å². The van der Waals surface area contributed by atoms with Crippen LogP contribution in [0.4, 0.5) is 0 Å². The third-order valence-electron chi connectivity index (χ3n) is 10.7. The summed E-state index contributed by atoms with van der Waals surface area (Å²) in [5.74, 6) is 0. The molecule has 0 saturated carbocycles. The van der Waals surface area contributed by atoms with E-state index in [9.17, 15) is 0 Å². The van der Waals surface area contributed by atoms with Gasteiger partial charge in [0.1, 0.15) is 0 Å². The van der Waals surface area contributed by atoms with E-state index in [0.29, 0.717) is 0 Å². The van der Waals surface area contributed by atoms with E-state index in [1.807, 2.05) is 28.9 Å². The maximum absolute atomic E-state index is 5.29. The SMILES string of the molecule is CCc1ccc2sc3c(-c4cccc5c4sc4c(-c6cccc(-c7cnc8c9ccccc9c9ccccc9c8n7)c6)cccc45)cccc3c2c1. The van der Waals surface area contributed by atoms with Gasteiger partial charge in [0, 0.05) is 67.8 Å². The summed E-state index contributed by atoms with van der Waals surface area (Å²) in [5, 5.41) is 9.99. The van der Waals surface area contributed by atoms with Gasteiger partial charge in [0.25, 0.3) is 0 Å². The van der Waals surface area contributed by atoms with Crippen molar-refractivity contribution in [1.82, 2.24) is 9.97 Å². The number of nitrogens with zero attached hydrogens (tertiary/aromatic N) is 2. The van der Waals surface area contributed by atoms with E-state index in [2.05, 4.69) is 153 Å². The smallest absolute Gasteiger partial charge is 0.0979 e. The predicted molar refractivity (Wildman–Crippen MR) is 226 cm³/mol. The van der Waals surface area contributed by atoms with E-state index in [1.54, 1.807) is 0 Å². The molecule has 11 aromatic rings. The summed E-state index contributed by atoms with van der Waals surface area (Å²) in [6.45, 7) is 2.23. The van der Waals surface area contributed by atoms with E-state index in [-0.39, 0.29) is 0 Å². The molecule has 0 N–H and O–H groups in total. The first kappa shape index (κ1) is 29.8. The van der Waals surface area contributed by atoms with Crippen LogP contribution in [0, 0.1) is 0 Å².